The van der Waals surface area contributed by atoms with Crippen molar-refractivity contribution in [2.45, 2.75) is 18.1 Å². The Morgan fingerprint density at radius 1 is 1.28 bits per heavy atom. The van der Waals surface area contributed by atoms with Crippen LogP contribution < -0.4 is 5.32 Å². The van der Waals surface area contributed by atoms with Gasteiger partial charge in [-0.2, -0.15) is 11.8 Å². The van der Waals surface area contributed by atoms with E-state index in [1.165, 1.54) is 0 Å². The number of rotatable bonds is 5. The molecule has 0 radical (unpaired) electrons. The summed E-state index contributed by atoms with van der Waals surface area (Å²) in [6.07, 6.45) is 2.27. The van der Waals surface area contributed by atoms with Gasteiger partial charge in [-0.3, -0.25) is 4.79 Å². The van der Waals surface area contributed by atoms with Crippen LogP contribution in [0, 0.1) is 0 Å². The van der Waals surface area contributed by atoms with E-state index in [0.717, 1.165) is 43.9 Å². The number of hydrogen-bond acceptors (Lipinski definition) is 3. The number of amides is 1. The Labute approximate surface area is 112 Å². The molecule has 1 saturated heterocycles. The lowest BCUT2D eigenvalue weighted by molar-refractivity contribution is 0.0955. The second-order valence-electron chi connectivity index (χ2n) is 4.30. The van der Waals surface area contributed by atoms with Gasteiger partial charge in [0.15, 0.2) is 0 Å². The Bertz CT molecular complexity index is 363. The van der Waals surface area contributed by atoms with Crippen molar-refractivity contribution in [3.05, 3.63) is 35.9 Å². The summed E-state index contributed by atoms with van der Waals surface area (Å²) in [6.45, 7) is 2.50. The fourth-order valence-electron chi connectivity index (χ4n) is 1.92. The molecule has 3 nitrogen and oxygen atoms in total. The highest BCUT2D eigenvalue weighted by Crippen LogP contribution is 2.21. The number of carbonyl (C=O) groups is 1. The summed E-state index contributed by atoms with van der Waals surface area (Å²) in [5, 5.41) is 3.65. The van der Waals surface area contributed by atoms with Crippen LogP contribution in [0.15, 0.2) is 30.3 Å². The molecule has 0 aromatic heterocycles. The van der Waals surface area contributed by atoms with Gasteiger partial charge < -0.3 is 10.1 Å². The molecule has 4 heteroatoms. The third-order valence-electron chi connectivity index (χ3n) is 2.95. The maximum atomic E-state index is 11.8. The zero-order valence-electron chi connectivity index (χ0n) is 10.4. The molecule has 1 aromatic rings. The zero-order valence-corrected chi connectivity index (χ0v) is 11.2. The molecule has 0 bridgehead atoms. The van der Waals surface area contributed by atoms with Gasteiger partial charge in [0.2, 0.25) is 0 Å². The van der Waals surface area contributed by atoms with Crippen molar-refractivity contribution >= 4 is 17.7 Å². The van der Waals surface area contributed by atoms with E-state index in [4.69, 9.17) is 4.74 Å². The largest absolute Gasteiger partial charge is 0.381 e. The van der Waals surface area contributed by atoms with Gasteiger partial charge in [0.25, 0.3) is 5.91 Å². The number of nitrogens with one attached hydrogen (secondary N) is 1. The second-order valence-corrected chi connectivity index (χ2v) is 5.71. The lowest BCUT2D eigenvalue weighted by Crippen LogP contribution is -2.27. The van der Waals surface area contributed by atoms with Gasteiger partial charge in [-0.15, -0.1) is 0 Å². The van der Waals surface area contributed by atoms with Gasteiger partial charge >= 0.3 is 0 Å². The molecule has 1 amide bonds. The molecule has 2 rings (SSSR count). The lowest BCUT2D eigenvalue weighted by Gasteiger charge is -2.21. The Kier molecular flexibility index (Phi) is 5.55. The van der Waals surface area contributed by atoms with E-state index in [1.54, 1.807) is 0 Å². The van der Waals surface area contributed by atoms with E-state index in [1.807, 2.05) is 42.1 Å². The number of ether oxygens (including phenoxy) is 1. The predicted molar refractivity (Wildman–Crippen MR) is 75.1 cm³/mol. The first kappa shape index (κ1) is 13.4. The van der Waals surface area contributed by atoms with E-state index in [2.05, 4.69) is 5.32 Å². The first-order chi connectivity index (χ1) is 8.86. The molecule has 0 unspecified atom stereocenters. The summed E-state index contributed by atoms with van der Waals surface area (Å²) < 4.78 is 5.32. The summed E-state index contributed by atoms with van der Waals surface area (Å²) in [4.78, 5) is 11.8. The SMILES string of the molecule is O=C(NCCSC1CCOCC1)c1ccccc1. The molecule has 1 aliphatic rings. The topological polar surface area (TPSA) is 38.3 Å². The Morgan fingerprint density at radius 3 is 2.72 bits per heavy atom. The maximum Gasteiger partial charge on any atom is 0.251 e. The van der Waals surface area contributed by atoms with Crippen LogP contribution in [0.2, 0.25) is 0 Å². The molecule has 1 N–H and O–H groups in total. The first-order valence-corrected chi connectivity index (χ1v) is 7.44. The van der Waals surface area contributed by atoms with Gasteiger partial charge in [0, 0.05) is 36.3 Å². The second kappa shape index (κ2) is 7.44. The van der Waals surface area contributed by atoms with Crippen molar-refractivity contribution in [3.8, 4) is 0 Å². The molecule has 0 spiro atoms. The molecule has 18 heavy (non-hydrogen) atoms. The van der Waals surface area contributed by atoms with Gasteiger partial charge in [-0.1, -0.05) is 18.2 Å². The maximum absolute atomic E-state index is 11.8. The van der Waals surface area contributed by atoms with E-state index in [0.29, 0.717) is 5.25 Å². The average molecular weight is 265 g/mol. The van der Waals surface area contributed by atoms with Crippen molar-refractivity contribution in [1.29, 1.82) is 0 Å². The minimum absolute atomic E-state index is 0.0168. The normalized spacial score (nSPS) is 16.4. The minimum Gasteiger partial charge on any atom is -0.381 e. The standard InChI is InChI=1S/C14H19NO2S/c16-14(12-4-2-1-3-5-12)15-8-11-18-13-6-9-17-10-7-13/h1-5,13H,6-11H2,(H,15,16). The summed E-state index contributed by atoms with van der Waals surface area (Å²) in [5.74, 6) is 0.992. The van der Waals surface area contributed by atoms with Gasteiger partial charge in [-0.05, 0) is 25.0 Å². The molecule has 1 fully saturated rings. The number of hydrogen-bond donors (Lipinski definition) is 1. The van der Waals surface area contributed by atoms with Crippen molar-refractivity contribution in [3.63, 3.8) is 0 Å². The van der Waals surface area contributed by atoms with Crippen molar-refractivity contribution in [2.24, 2.45) is 0 Å². The van der Waals surface area contributed by atoms with Crippen LogP contribution in [0.3, 0.4) is 0 Å². The third kappa shape index (κ3) is 4.35. The predicted octanol–water partition coefficient (Wildman–Crippen LogP) is 2.33. The molecular formula is C14H19NO2S. The van der Waals surface area contributed by atoms with E-state index < -0.39 is 0 Å². The van der Waals surface area contributed by atoms with Crippen LogP contribution in [-0.4, -0.2) is 36.7 Å². The quantitative estimate of drug-likeness (QED) is 0.830. The Morgan fingerprint density at radius 2 is 2.00 bits per heavy atom. The number of benzene rings is 1. The third-order valence-corrected chi connectivity index (χ3v) is 4.33. The van der Waals surface area contributed by atoms with Gasteiger partial charge in [0.1, 0.15) is 0 Å². The molecule has 0 saturated carbocycles. The van der Waals surface area contributed by atoms with Gasteiger partial charge in [-0.25, -0.2) is 0 Å². The van der Waals surface area contributed by atoms with Crippen LogP contribution in [-0.2, 0) is 4.74 Å². The Hall–Kier alpha value is -1.00. The van der Waals surface area contributed by atoms with Crippen LogP contribution in [0.5, 0.6) is 0 Å². The molecular weight excluding hydrogens is 246 g/mol. The van der Waals surface area contributed by atoms with E-state index in [9.17, 15) is 4.79 Å². The average Bonchev–Trinajstić information content (AvgIpc) is 2.45. The highest BCUT2D eigenvalue weighted by molar-refractivity contribution is 7.99. The summed E-state index contributed by atoms with van der Waals surface area (Å²) in [5.41, 5.74) is 0.730. The first-order valence-electron chi connectivity index (χ1n) is 6.39. The van der Waals surface area contributed by atoms with Gasteiger partial charge in [0.05, 0.1) is 0 Å². The molecule has 1 aliphatic heterocycles. The fraction of sp³-hybridized carbons (Fsp3) is 0.500. The smallest absolute Gasteiger partial charge is 0.251 e. The molecule has 1 heterocycles. The summed E-state index contributed by atoms with van der Waals surface area (Å²) in [7, 11) is 0. The van der Waals surface area contributed by atoms with Crippen LogP contribution in [0.4, 0.5) is 0 Å². The van der Waals surface area contributed by atoms with E-state index >= 15 is 0 Å². The summed E-state index contributed by atoms with van der Waals surface area (Å²) in [6, 6.07) is 9.34. The number of carbonyl (C=O) groups excluding carboxylic acids is 1. The highest BCUT2D eigenvalue weighted by Gasteiger charge is 2.13. The van der Waals surface area contributed by atoms with Crippen molar-refractivity contribution in [1.82, 2.24) is 5.32 Å². The van der Waals surface area contributed by atoms with Crippen LogP contribution in [0.1, 0.15) is 23.2 Å². The lowest BCUT2D eigenvalue weighted by atomic mass is 10.2. The molecule has 0 atom stereocenters. The molecule has 0 aliphatic carbocycles. The van der Waals surface area contributed by atoms with E-state index in [-0.39, 0.29) is 5.91 Å². The summed E-state index contributed by atoms with van der Waals surface area (Å²) >= 11 is 1.94. The zero-order chi connectivity index (χ0) is 12.6. The molecule has 1 aromatic carbocycles. The van der Waals surface area contributed by atoms with Crippen molar-refractivity contribution in [2.75, 3.05) is 25.5 Å². The molecule has 98 valence electrons. The fourth-order valence-corrected chi connectivity index (χ4v) is 3.00. The minimum atomic E-state index is 0.0168. The monoisotopic (exact) mass is 265 g/mol. The highest BCUT2D eigenvalue weighted by atomic mass is 32.2. The number of thioether (sulfide) groups is 1. The van der Waals surface area contributed by atoms with Crippen LogP contribution in [0.25, 0.3) is 0 Å². The van der Waals surface area contributed by atoms with Crippen LogP contribution >= 0.6 is 11.8 Å². The van der Waals surface area contributed by atoms with Crippen molar-refractivity contribution < 1.29 is 9.53 Å². The Balaban J connectivity index is 1.62.